The number of nitrogen functional groups attached to an aromatic ring is 1. The van der Waals surface area contributed by atoms with Crippen LogP contribution in [-0.4, -0.2) is 24.9 Å². The zero-order chi connectivity index (χ0) is 13.4. The molecule has 11 heteroatoms. The lowest BCUT2D eigenvalue weighted by Crippen LogP contribution is -2.20. The lowest BCUT2D eigenvalue weighted by atomic mass is 10.4. The molecule has 0 aliphatic heterocycles. The van der Waals surface area contributed by atoms with E-state index in [9.17, 15) is 21.6 Å². The number of rotatable bonds is 2. The zero-order valence-electron chi connectivity index (χ0n) is 7.69. The minimum atomic E-state index is -5.17. The van der Waals surface area contributed by atoms with Gasteiger partial charge in [-0.1, -0.05) is 0 Å². The third-order valence-corrected chi connectivity index (χ3v) is 2.82. The van der Waals surface area contributed by atoms with Gasteiger partial charge in [-0.05, 0) is 0 Å². The van der Waals surface area contributed by atoms with E-state index in [-0.39, 0.29) is 0 Å². The second-order valence-corrected chi connectivity index (χ2v) is 5.18. The summed E-state index contributed by atoms with van der Waals surface area (Å²) in [5.74, 6) is -2.19. The Morgan fingerprint density at radius 3 is 2.41 bits per heavy atom. The van der Waals surface area contributed by atoms with Crippen molar-refractivity contribution in [2.75, 3.05) is 5.73 Å². The number of hydrogen-bond acceptors (Lipinski definition) is 6. The van der Waals surface area contributed by atoms with Crippen molar-refractivity contribution in [3.8, 4) is 11.6 Å². The van der Waals surface area contributed by atoms with Gasteiger partial charge in [0.05, 0.1) is 6.20 Å². The monoisotopic (exact) mass is 292 g/mol. The number of alkyl halides is 3. The Morgan fingerprint density at radius 2 is 2.00 bits per heavy atom. The van der Waals surface area contributed by atoms with Gasteiger partial charge < -0.3 is 15.6 Å². The summed E-state index contributed by atoms with van der Waals surface area (Å²) in [7, 11) is 0.204. The van der Waals surface area contributed by atoms with Crippen LogP contribution in [0, 0.1) is 0 Å². The summed E-state index contributed by atoms with van der Waals surface area (Å²) in [6, 6.07) is 0. The minimum Gasteiger partial charge on any atom is -0.504 e. The van der Waals surface area contributed by atoms with Crippen LogP contribution in [0.25, 0.3) is 0 Å². The molecule has 1 aromatic rings. The van der Waals surface area contributed by atoms with Crippen LogP contribution >= 0.6 is 10.7 Å². The van der Waals surface area contributed by atoms with Crippen molar-refractivity contribution >= 4 is 25.4 Å². The van der Waals surface area contributed by atoms with Gasteiger partial charge in [-0.2, -0.15) is 0 Å². The fraction of sp³-hybridized carbons (Fsp3) is 0.167. The van der Waals surface area contributed by atoms with Crippen LogP contribution in [-0.2, 0) is 9.05 Å². The maximum absolute atomic E-state index is 11.9. The van der Waals surface area contributed by atoms with Gasteiger partial charge in [0, 0.05) is 10.7 Å². The summed E-state index contributed by atoms with van der Waals surface area (Å²) < 4.78 is 61.1. The first-order valence-electron chi connectivity index (χ1n) is 3.70. The van der Waals surface area contributed by atoms with Gasteiger partial charge in [0.25, 0.3) is 9.05 Å². The lowest BCUT2D eigenvalue weighted by molar-refractivity contribution is -0.277. The highest BCUT2D eigenvalue weighted by molar-refractivity contribution is 8.14. The minimum absolute atomic E-state index is 0.502. The smallest absolute Gasteiger partial charge is 0.504 e. The van der Waals surface area contributed by atoms with Crippen molar-refractivity contribution in [1.29, 1.82) is 0 Å². The molecule has 1 heterocycles. The van der Waals surface area contributed by atoms with E-state index in [2.05, 4.69) is 9.72 Å². The number of nitrogens with two attached hydrogens (primary N) is 1. The van der Waals surface area contributed by atoms with Crippen LogP contribution in [0.15, 0.2) is 11.1 Å². The summed E-state index contributed by atoms with van der Waals surface area (Å²) in [4.78, 5) is 1.72. The van der Waals surface area contributed by atoms with Crippen molar-refractivity contribution in [3.05, 3.63) is 6.20 Å². The first-order valence-corrected chi connectivity index (χ1v) is 6.01. The molecule has 0 saturated heterocycles. The van der Waals surface area contributed by atoms with E-state index in [0.29, 0.717) is 6.20 Å². The number of nitrogens with zero attached hydrogens (tertiary/aromatic N) is 1. The predicted octanol–water partition coefficient (Wildman–Crippen LogP) is 1.20. The highest BCUT2D eigenvalue weighted by Gasteiger charge is 2.36. The first-order chi connectivity index (χ1) is 7.52. The number of hydrogen-bond donors (Lipinski definition) is 2. The predicted molar refractivity (Wildman–Crippen MR) is 50.0 cm³/mol. The molecule has 0 atom stereocenters. The molecular weight excluding hydrogens is 289 g/mol. The van der Waals surface area contributed by atoms with Crippen LogP contribution in [0.4, 0.5) is 18.9 Å². The van der Waals surface area contributed by atoms with Crippen molar-refractivity contribution in [3.63, 3.8) is 0 Å². The Kier molecular flexibility index (Phi) is 3.30. The molecule has 0 radical (unpaired) electrons. The molecular formula is C6H4ClF3N2O4S. The molecule has 0 fully saturated rings. The summed E-state index contributed by atoms with van der Waals surface area (Å²) >= 11 is 0. The highest BCUT2D eigenvalue weighted by Crippen LogP contribution is 2.37. The Morgan fingerprint density at radius 1 is 1.47 bits per heavy atom. The standard InChI is InChI=1S/C6H4ClF3N2O4S/c7-17(14,15)4-3(11)2(13)1-12-5(4)16-6(8,9)10/h1,13H,(H2,11,12). The molecule has 0 amide bonds. The zero-order valence-corrected chi connectivity index (χ0v) is 9.27. The summed E-state index contributed by atoms with van der Waals surface area (Å²) in [6.45, 7) is 0. The van der Waals surface area contributed by atoms with Crippen LogP contribution in [0.5, 0.6) is 11.6 Å². The summed E-state index contributed by atoms with van der Waals surface area (Å²) in [5.41, 5.74) is 4.21. The van der Waals surface area contributed by atoms with E-state index in [1.165, 1.54) is 0 Å². The normalized spacial score (nSPS) is 12.5. The molecule has 0 aromatic carbocycles. The van der Waals surface area contributed by atoms with Gasteiger partial charge >= 0.3 is 6.36 Å². The molecule has 6 nitrogen and oxygen atoms in total. The van der Waals surface area contributed by atoms with E-state index in [0.717, 1.165) is 0 Å². The average Bonchev–Trinajstić information content (AvgIpc) is 2.06. The quantitative estimate of drug-likeness (QED) is 0.794. The molecule has 17 heavy (non-hydrogen) atoms. The van der Waals surface area contributed by atoms with E-state index < -0.39 is 37.6 Å². The molecule has 1 aromatic heterocycles. The first kappa shape index (κ1) is 13.6. The Bertz CT molecular complexity index is 545. The molecule has 0 aliphatic carbocycles. The second-order valence-electron chi connectivity index (χ2n) is 2.68. The number of halogens is 4. The van der Waals surface area contributed by atoms with Crippen LogP contribution in [0.1, 0.15) is 0 Å². The van der Waals surface area contributed by atoms with Gasteiger partial charge in [-0.15, -0.1) is 13.2 Å². The molecule has 0 spiro atoms. The molecule has 0 saturated carbocycles. The number of anilines is 1. The summed E-state index contributed by atoms with van der Waals surface area (Å²) in [6.07, 6.45) is -4.67. The van der Waals surface area contributed by atoms with Crippen LogP contribution in [0.2, 0.25) is 0 Å². The Hall–Kier alpha value is -1.42. The lowest BCUT2D eigenvalue weighted by Gasteiger charge is -2.12. The largest absolute Gasteiger partial charge is 0.574 e. The van der Waals surface area contributed by atoms with Gasteiger partial charge in [0.15, 0.2) is 10.6 Å². The number of pyridine rings is 1. The van der Waals surface area contributed by atoms with E-state index in [1.54, 1.807) is 0 Å². The van der Waals surface area contributed by atoms with Gasteiger partial charge in [0.1, 0.15) is 5.69 Å². The highest BCUT2D eigenvalue weighted by atomic mass is 35.7. The fourth-order valence-corrected chi connectivity index (χ4v) is 2.01. The van der Waals surface area contributed by atoms with E-state index in [1.807, 2.05) is 0 Å². The molecule has 3 N–H and O–H groups in total. The Labute approximate surface area is 97.2 Å². The van der Waals surface area contributed by atoms with Crippen LogP contribution < -0.4 is 10.5 Å². The number of ether oxygens (including phenoxy) is 1. The third kappa shape index (κ3) is 3.27. The molecule has 0 aliphatic rings. The maximum atomic E-state index is 11.9. The third-order valence-electron chi connectivity index (χ3n) is 1.48. The van der Waals surface area contributed by atoms with E-state index >= 15 is 0 Å². The van der Waals surface area contributed by atoms with Gasteiger partial charge in [0.2, 0.25) is 5.88 Å². The Balaban J connectivity index is 3.47. The second kappa shape index (κ2) is 4.11. The van der Waals surface area contributed by atoms with Crippen molar-refractivity contribution in [1.82, 2.24) is 4.98 Å². The number of aromatic hydroxyl groups is 1. The molecule has 0 bridgehead atoms. The van der Waals surface area contributed by atoms with Gasteiger partial charge in [-0.25, -0.2) is 13.4 Å². The maximum Gasteiger partial charge on any atom is 0.574 e. The van der Waals surface area contributed by atoms with Crippen molar-refractivity contribution < 1.29 is 31.4 Å². The van der Waals surface area contributed by atoms with Crippen molar-refractivity contribution in [2.24, 2.45) is 0 Å². The fourth-order valence-electron chi connectivity index (χ4n) is 0.897. The summed E-state index contributed by atoms with van der Waals surface area (Å²) in [5, 5.41) is 9.04. The topological polar surface area (TPSA) is 103 Å². The van der Waals surface area contributed by atoms with Gasteiger partial charge in [-0.3, -0.25) is 0 Å². The molecule has 0 unspecified atom stereocenters. The average molecular weight is 293 g/mol. The van der Waals surface area contributed by atoms with E-state index in [4.69, 9.17) is 21.5 Å². The SMILES string of the molecule is Nc1c(O)cnc(OC(F)(F)F)c1S(=O)(=O)Cl. The molecule has 1 rings (SSSR count). The van der Waals surface area contributed by atoms with Crippen molar-refractivity contribution in [2.45, 2.75) is 11.3 Å². The molecule has 96 valence electrons. The van der Waals surface area contributed by atoms with Crippen LogP contribution in [0.3, 0.4) is 0 Å². The number of aromatic nitrogens is 1.